The van der Waals surface area contributed by atoms with Gasteiger partial charge in [-0.25, -0.2) is 9.69 Å². The van der Waals surface area contributed by atoms with E-state index in [1.54, 1.807) is 67.6 Å². The van der Waals surface area contributed by atoms with Crippen LogP contribution in [-0.4, -0.2) is 47.1 Å². The van der Waals surface area contributed by atoms with Gasteiger partial charge in [0.2, 0.25) is 11.8 Å². The number of nitrogens with one attached hydrogen (secondary N) is 2. The Morgan fingerprint density at radius 3 is 2.32 bits per heavy atom. The second-order valence-electron chi connectivity index (χ2n) is 10.3. The molecular weight excluding hydrogens is 603 g/mol. The van der Waals surface area contributed by atoms with E-state index >= 15 is 0 Å². The van der Waals surface area contributed by atoms with Crippen LogP contribution in [0.2, 0.25) is 0 Å². The second-order valence-corrected chi connectivity index (χ2v) is 12.5. The predicted molar refractivity (Wildman–Crippen MR) is 167 cm³/mol. The molecule has 224 valence electrons. The fourth-order valence-corrected chi connectivity index (χ4v) is 7.86. The number of ether oxygens (including phenoxy) is 2. The number of nitrogens with zero attached hydrogens (tertiary/aromatic N) is 1. The highest BCUT2D eigenvalue weighted by atomic mass is 32.2. The molecule has 4 aromatic rings. The third-order valence-electron chi connectivity index (χ3n) is 7.41. The largest absolute Gasteiger partial charge is 0.484 e. The topological polar surface area (TPSA) is 135 Å². The molecule has 2 aliphatic heterocycles. The first-order valence-electron chi connectivity index (χ1n) is 13.9. The van der Waals surface area contributed by atoms with E-state index in [1.807, 2.05) is 19.1 Å². The molecule has 1 saturated heterocycles. The number of benzene rings is 3. The molecule has 12 heteroatoms. The van der Waals surface area contributed by atoms with Gasteiger partial charge in [-0.2, -0.15) is 0 Å². The molecule has 1 aromatic heterocycles. The summed E-state index contributed by atoms with van der Waals surface area (Å²) in [5.41, 5.74) is 3.18. The summed E-state index contributed by atoms with van der Waals surface area (Å²) in [6.45, 7) is 3.68. The van der Waals surface area contributed by atoms with Crippen LogP contribution in [0.4, 0.5) is 11.4 Å². The maximum atomic E-state index is 13.8. The van der Waals surface area contributed by atoms with E-state index in [4.69, 9.17) is 9.47 Å². The monoisotopic (exact) mass is 629 g/mol. The molecule has 2 N–H and O–H groups in total. The average Bonchev–Trinajstić information content (AvgIpc) is 3.51. The minimum absolute atomic E-state index is 0.246. The lowest BCUT2D eigenvalue weighted by Crippen LogP contribution is -2.32. The molecule has 2 aliphatic rings. The first-order valence-corrected chi connectivity index (χ1v) is 15.6. The number of H-pyrrole nitrogens is 1. The standard InChI is InChI=1S/C32H27N3O7S2/c1-3-41-31(39)19-6-10-20(11-7-19)33-23(36)16-42-22-14-8-18(9-15-22)24-25-27(43-28-26(24)44-32(40)34-28)30(38)35(29(25)37)21-12-4-17(2)5-13-21/h4-15,24-25,27H,3,16H2,1-2H3,(H,33,36)(H,34,40)/t24-,25?,27?/m1/s1. The van der Waals surface area contributed by atoms with Gasteiger partial charge in [-0.15, -0.1) is 0 Å². The Bertz CT molecular complexity index is 1800. The molecule has 44 heavy (non-hydrogen) atoms. The molecule has 2 unspecified atom stereocenters. The Labute approximate surface area is 260 Å². The number of hydrogen-bond acceptors (Lipinski definition) is 9. The van der Waals surface area contributed by atoms with Crippen LogP contribution in [-0.2, 0) is 19.1 Å². The lowest BCUT2D eigenvalue weighted by atomic mass is 9.83. The smallest absolute Gasteiger partial charge is 0.338 e. The summed E-state index contributed by atoms with van der Waals surface area (Å²) in [6.07, 6.45) is 0. The number of hydrogen-bond donors (Lipinski definition) is 2. The number of carbonyl (C=O) groups excluding carboxylic acids is 4. The number of anilines is 2. The van der Waals surface area contributed by atoms with Crippen LogP contribution in [0.1, 0.15) is 39.2 Å². The van der Waals surface area contributed by atoms with Gasteiger partial charge in [0, 0.05) is 16.5 Å². The van der Waals surface area contributed by atoms with Crippen molar-refractivity contribution in [2.75, 3.05) is 23.4 Å². The SMILES string of the molecule is CCOC(=O)c1ccc(NC(=O)COc2ccc([C@H]3c4sc(=O)[nH]c4SC4C(=O)N(c5ccc(C)cc5)C(=O)C43)cc2)cc1. The molecule has 0 radical (unpaired) electrons. The molecule has 3 heterocycles. The molecule has 3 amide bonds. The number of carbonyl (C=O) groups is 4. The number of imide groups is 1. The number of aromatic nitrogens is 1. The summed E-state index contributed by atoms with van der Waals surface area (Å²) >= 11 is 2.27. The fraction of sp³-hybridized carbons (Fsp3) is 0.219. The zero-order valence-corrected chi connectivity index (χ0v) is 25.3. The van der Waals surface area contributed by atoms with Gasteiger partial charge in [0.15, 0.2) is 6.61 Å². The third-order valence-corrected chi connectivity index (χ3v) is 9.81. The predicted octanol–water partition coefficient (Wildman–Crippen LogP) is 4.73. The van der Waals surface area contributed by atoms with Gasteiger partial charge in [0.1, 0.15) is 11.0 Å². The number of thiazole rings is 1. The third kappa shape index (κ3) is 5.65. The zero-order valence-electron chi connectivity index (χ0n) is 23.7. The number of fused-ring (bicyclic) bond motifs is 2. The maximum Gasteiger partial charge on any atom is 0.338 e. The van der Waals surface area contributed by atoms with Crippen LogP contribution in [0.15, 0.2) is 82.6 Å². The van der Waals surface area contributed by atoms with Crippen LogP contribution in [0.5, 0.6) is 5.75 Å². The van der Waals surface area contributed by atoms with Crippen LogP contribution in [0, 0.1) is 12.8 Å². The van der Waals surface area contributed by atoms with Gasteiger partial charge >= 0.3 is 10.8 Å². The lowest BCUT2D eigenvalue weighted by Gasteiger charge is -2.29. The van der Waals surface area contributed by atoms with Crippen molar-refractivity contribution in [1.29, 1.82) is 0 Å². The molecule has 3 aromatic carbocycles. The van der Waals surface area contributed by atoms with Gasteiger partial charge in [-0.05, 0) is 67.9 Å². The minimum atomic E-state index is -0.694. The van der Waals surface area contributed by atoms with E-state index in [0.717, 1.165) is 27.3 Å². The van der Waals surface area contributed by atoms with Gasteiger partial charge in [0.25, 0.3) is 5.91 Å². The molecule has 0 spiro atoms. The number of amides is 3. The van der Waals surface area contributed by atoms with Crippen molar-refractivity contribution in [3.8, 4) is 5.75 Å². The van der Waals surface area contributed by atoms with Crippen LogP contribution >= 0.6 is 23.1 Å². The van der Waals surface area contributed by atoms with Crippen molar-refractivity contribution >= 4 is 58.2 Å². The molecule has 10 nitrogen and oxygen atoms in total. The molecule has 0 aliphatic carbocycles. The van der Waals surface area contributed by atoms with E-state index in [2.05, 4.69) is 10.3 Å². The molecular formula is C32H27N3O7S2. The highest BCUT2D eigenvalue weighted by molar-refractivity contribution is 8.00. The molecule has 0 bridgehead atoms. The first-order chi connectivity index (χ1) is 21.2. The number of esters is 1. The molecule has 3 atom stereocenters. The summed E-state index contributed by atoms with van der Waals surface area (Å²) in [5, 5.41) is 2.64. The number of thioether (sulfide) groups is 1. The van der Waals surface area contributed by atoms with Crippen LogP contribution in [0.3, 0.4) is 0 Å². The summed E-state index contributed by atoms with van der Waals surface area (Å²) in [6, 6.07) is 20.6. The van der Waals surface area contributed by atoms with E-state index in [9.17, 15) is 24.0 Å². The van der Waals surface area contributed by atoms with Crippen molar-refractivity contribution in [1.82, 2.24) is 4.98 Å². The fourth-order valence-electron chi connectivity index (χ4n) is 5.35. The van der Waals surface area contributed by atoms with Crippen molar-refractivity contribution in [3.63, 3.8) is 0 Å². The quantitative estimate of drug-likeness (QED) is 0.211. The highest BCUT2D eigenvalue weighted by Crippen LogP contribution is 2.53. The average molecular weight is 630 g/mol. The lowest BCUT2D eigenvalue weighted by molar-refractivity contribution is -0.122. The van der Waals surface area contributed by atoms with Gasteiger partial charge in [0.05, 0.1) is 28.8 Å². The Kier molecular flexibility index (Phi) is 8.11. The summed E-state index contributed by atoms with van der Waals surface area (Å²) < 4.78 is 10.6. The van der Waals surface area contributed by atoms with Crippen molar-refractivity contribution in [2.24, 2.45) is 5.92 Å². The van der Waals surface area contributed by atoms with Crippen LogP contribution < -0.4 is 19.8 Å². The summed E-state index contributed by atoms with van der Waals surface area (Å²) in [4.78, 5) is 68.6. The summed E-state index contributed by atoms with van der Waals surface area (Å²) in [7, 11) is 0. The Morgan fingerprint density at radius 2 is 1.64 bits per heavy atom. The van der Waals surface area contributed by atoms with Gasteiger partial charge in [-0.1, -0.05) is 52.9 Å². The molecule has 6 rings (SSSR count). The Morgan fingerprint density at radius 1 is 0.932 bits per heavy atom. The van der Waals surface area contributed by atoms with Crippen molar-refractivity contribution in [2.45, 2.75) is 30.0 Å². The maximum absolute atomic E-state index is 13.8. The van der Waals surface area contributed by atoms with Crippen molar-refractivity contribution in [3.05, 3.63) is 104 Å². The molecule has 0 saturated carbocycles. The Hall–Kier alpha value is -4.68. The van der Waals surface area contributed by atoms with Gasteiger partial charge in [-0.3, -0.25) is 19.2 Å². The van der Waals surface area contributed by atoms with Crippen molar-refractivity contribution < 1.29 is 28.7 Å². The number of rotatable bonds is 8. The summed E-state index contributed by atoms with van der Waals surface area (Å²) in [5.74, 6) is -2.21. The number of aryl methyl sites for hydroxylation is 1. The first kappa shape index (κ1) is 29.4. The van der Waals surface area contributed by atoms with E-state index in [0.29, 0.717) is 27.7 Å². The second kappa shape index (κ2) is 12.1. The number of aromatic amines is 1. The Balaban J connectivity index is 1.17. The molecule has 1 fully saturated rings. The minimum Gasteiger partial charge on any atom is -0.484 e. The zero-order chi connectivity index (χ0) is 31.0. The van der Waals surface area contributed by atoms with Crippen LogP contribution in [0.25, 0.3) is 0 Å². The van der Waals surface area contributed by atoms with E-state index < -0.39 is 29.0 Å². The normalized spacial score (nSPS) is 18.9. The highest BCUT2D eigenvalue weighted by Gasteiger charge is 2.56. The van der Waals surface area contributed by atoms with Gasteiger partial charge < -0.3 is 19.8 Å². The van der Waals surface area contributed by atoms with E-state index in [-0.39, 0.29) is 29.9 Å². The van der Waals surface area contributed by atoms with E-state index in [1.165, 1.54) is 16.7 Å².